The summed E-state index contributed by atoms with van der Waals surface area (Å²) in [7, 11) is 0. The molecular weight excluding hydrogens is 328 g/mol. The highest BCUT2D eigenvalue weighted by molar-refractivity contribution is 9.10. The quantitative estimate of drug-likeness (QED) is 0.725. The van der Waals surface area contributed by atoms with E-state index >= 15 is 0 Å². The molecule has 0 heterocycles. The standard InChI is InChI=1S/C14H20BrClN2O/c1-3-4-5-8-17-14(19)10(2)18-11-6-7-12(15)13(16)9-11/h6-7,9-10,18H,3-5,8H2,1-2H3,(H,17,19). The molecule has 0 aliphatic heterocycles. The number of benzene rings is 1. The van der Waals surface area contributed by atoms with Crippen LogP contribution in [0.1, 0.15) is 33.1 Å². The number of carbonyl (C=O) groups is 1. The molecule has 1 aromatic rings. The Hall–Kier alpha value is -0.740. The Bertz CT molecular complexity index is 426. The van der Waals surface area contributed by atoms with Crippen LogP contribution in [0.25, 0.3) is 0 Å². The summed E-state index contributed by atoms with van der Waals surface area (Å²) in [4.78, 5) is 11.8. The number of hydrogen-bond donors (Lipinski definition) is 2. The Morgan fingerprint density at radius 2 is 2.16 bits per heavy atom. The van der Waals surface area contributed by atoms with E-state index in [2.05, 4.69) is 33.5 Å². The topological polar surface area (TPSA) is 41.1 Å². The normalized spacial score (nSPS) is 12.0. The van der Waals surface area contributed by atoms with E-state index < -0.39 is 0 Å². The van der Waals surface area contributed by atoms with Gasteiger partial charge in [0.2, 0.25) is 5.91 Å². The number of nitrogens with one attached hydrogen (secondary N) is 2. The molecule has 0 spiro atoms. The minimum Gasteiger partial charge on any atom is -0.374 e. The average Bonchev–Trinajstić information content (AvgIpc) is 2.38. The third kappa shape index (κ3) is 5.83. The van der Waals surface area contributed by atoms with E-state index in [-0.39, 0.29) is 11.9 Å². The zero-order valence-electron chi connectivity index (χ0n) is 11.3. The second-order valence-corrected chi connectivity index (χ2v) is 5.75. The van der Waals surface area contributed by atoms with Gasteiger partial charge in [-0.1, -0.05) is 31.4 Å². The van der Waals surface area contributed by atoms with Crippen molar-refractivity contribution < 1.29 is 4.79 Å². The fraction of sp³-hybridized carbons (Fsp3) is 0.500. The molecule has 0 saturated carbocycles. The first-order chi connectivity index (χ1) is 9.04. The van der Waals surface area contributed by atoms with Gasteiger partial charge in [-0.05, 0) is 47.5 Å². The minimum absolute atomic E-state index is 0.00939. The van der Waals surface area contributed by atoms with Gasteiger partial charge in [0.15, 0.2) is 0 Å². The smallest absolute Gasteiger partial charge is 0.242 e. The molecule has 1 amide bonds. The summed E-state index contributed by atoms with van der Waals surface area (Å²) in [5, 5.41) is 6.68. The number of carbonyl (C=O) groups excluding carboxylic acids is 1. The molecule has 3 nitrogen and oxygen atoms in total. The van der Waals surface area contributed by atoms with Crippen LogP contribution in [0.4, 0.5) is 5.69 Å². The molecule has 0 saturated heterocycles. The summed E-state index contributed by atoms with van der Waals surface area (Å²) in [6, 6.07) is 5.26. The summed E-state index contributed by atoms with van der Waals surface area (Å²) in [5.74, 6) is 0.00939. The molecule has 0 bridgehead atoms. The second-order valence-electron chi connectivity index (χ2n) is 4.49. The van der Waals surface area contributed by atoms with Gasteiger partial charge in [0.1, 0.15) is 6.04 Å². The summed E-state index contributed by atoms with van der Waals surface area (Å²) in [6.45, 7) is 4.72. The summed E-state index contributed by atoms with van der Waals surface area (Å²) >= 11 is 9.34. The number of amides is 1. The Kier molecular flexibility index (Phi) is 7.24. The molecule has 106 valence electrons. The maximum atomic E-state index is 11.8. The predicted octanol–water partition coefficient (Wildman–Crippen LogP) is 4.21. The largest absolute Gasteiger partial charge is 0.374 e. The molecule has 1 unspecified atom stereocenters. The van der Waals surface area contributed by atoms with Crippen LogP contribution in [0.3, 0.4) is 0 Å². The average molecular weight is 348 g/mol. The molecule has 0 fully saturated rings. The van der Waals surface area contributed by atoms with E-state index in [0.717, 1.165) is 36.0 Å². The van der Waals surface area contributed by atoms with Gasteiger partial charge in [0.05, 0.1) is 5.02 Å². The zero-order chi connectivity index (χ0) is 14.3. The lowest BCUT2D eigenvalue weighted by atomic mass is 10.2. The first-order valence-corrected chi connectivity index (χ1v) is 7.71. The van der Waals surface area contributed by atoms with Crippen LogP contribution < -0.4 is 10.6 Å². The molecule has 5 heteroatoms. The zero-order valence-corrected chi connectivity index (χ0v) is 13.6. The summed E-state index contributed by atoms with van der Waals surface area (Å²) in [5.41, 5.74) is 0.837. The Morgan fingerprint density at radius 1 is 1.42 bits per heavy atom. The molecule has 2 N–H and O–H groups in total. The van der Waals surface area contributed by atoms with Crippen LogP contribution in [0.15, 0.2) is 22.7 Å². The summed E-state index contributed by atoms with van der Waals surface area (Å²) in [6.07, 6.45) is 3.32. The Balaban J connectivity index is 2.42. The number of unbranched alkanes of at least 4 members (excludes halogenated alkanes) is 2. The highest BCUT2D eigenvalue weighted by atomic mass is 79.9. The first kappa shape index (κ1) is 16.3. The number of anilines is 1. The lowest BCUT2D eigenvalue weighted by Gasteiger charge is -2.15. The molecule has 1 aromatic carbocycles. The van der Waals surface area contributed by atoms with Crippen molar-refractivity contribution in [2.24, 2.45) is 0 Å². The highest BCUT2D eigenvalue weighted by Crippen LogP contribution is 2.25. The van der Waals surface area contributed by atoms with Crippen molar-refractivity contribution in [2.75, 3.05) is 11.9 Å². The van der Waals surface area contributed by atoms with Gasteiger partial charge in [-0.3, -0.25) is 4.79 Å². The van der Waals surface area contributed by atoms with Crippen molar-refractivity contribution in [1.82, 2.24) is 5.32 Å². The van der Waals surface area contributed by atoms with Gasteiger partial charge in [0, 0.05) is 16.7 Å². The van der Waals surface area contributed by atoms with E-state index in [9.17, 15) is 4.79 Å². The van der Waals surface area contributed by atoms with Gasteiger partial charge in [-0.15, -0.1) is 0 Å². The van der Waals surface area contributed by atoms with E-state index in [1.807, 2.05) is 19.1 Å². The van der Waals surface area contributed by atoms with Crippen LogP contribution >= 0.6 is 27.5 Å². The number of halogens is 2. The fourth-order valence-electron chi connectivity index (χ4n) is 1.64. The lowest BCUT2D eigenvalue weighted by Crippen LogP contribution is -2.38. The first-order valence-electron chi connectivity index (χ1n) is 6.54. The highest BCUT2D eigenvalue weighted by Gasteiger charge is 2.12. The van der Waals surface area contributed by atoms with Crippen LogP contribution in [-0.2, 0) is 4.79 Å². The molecule has 0 aliphatic rings. The maximum absolute atomic E-state index is 11.8. The van der Waals surface area contributed by atoms with Gasteiger partial charge in [-0.25, -0.2) is 0 Å². The van der Waals surface area contributed by atoms with Crippen LogP contribution in [0, 0.1) is 0 Å². The second kappa shape index (κ2) is 8.43. The van der Waals surface area contributed by atoms with E-state index in [0.29, 0.717) is 5.02 Å². The maximum Gasteiger partial charge on any atom is 0.242 e. The Labute approximate surface area is 128 Å². The van der Waals surface area contributed by atoms with Crippen LogP contribution in [-0.4, -0.2) is 18.5 Å². The van der Waals surface area contributed by atoms with E-state index in [4.69, 9.17) is 11.6 Å². The molecule has 1 rings (SSSR count). The lowest BCUT2D eigenvalue weighted by molar-refractivity contribution is -0.121. The molecular formula is C14H20BrClN2O. The van der Waals surface area contributed by atoms with Gasteiger partial charge in [-0.2, -0.15) is 0 Å². The predicted molar refractivity (Wildman–Crippen MR) is 84.8 cm³/mol. The van der Waals surface area contributed by atoms with Crippen molar-refractivity contribution in [2.45, 2.75) is 39.2 Å². The van der Waals surface area contributed by atoms with E-state index in [1.165, 1.54) is 0 Å². The molecule has 0 radical (unpaired) electrons. The number of hydrogen-bond acceptors (Lipinski definition) is 2. The molecule has 19 heavy (non-hydrogen) atoms. The monoisotopic (exact) mass is 346 g/mol. The van der Waals surface area contributed by atoms with Gasteiger partial charge in [0.25, 0.3) is 0 Å². The molecule has 0 aliphatic carbocycles. The fourth-order valence-corrected chi connectivity index (χ4v) is 2.07. The molecule has 1 atom stereocenters. The van der Waals surface area contributed by atoms with Crippen molar-refractivity contribution in [3.63, 3.8) is 0 Å². The molecule has 0 aromatic heterocycles. The van der Waals surface area contributed by atoms with E-state index in [1.54, 1.807) is 6.07 Å². The van der Waals surface area contributed by atoms with Crippen molar-refractivity contribution >= 4 is 39.1 Å². The van der Waals surface area contributed by atoms with Crippen LogP contribution in [0.2, 0.25) is 5.02 Å². The third-order valence-electron chi connectivity index (χ3n) is 2.78. The summed E-state index contributed by atoms with van der Waals surface area (Å²) < 4.78 is 0.844. The van der Waals surface area contributed by atoms with Gasteiger partial charge >= 0.3 is 0 Å². The Morgan fingerprint density at radius 3 is 2.79 bits per heavy atom. The van der Waals surface area contributed by atoms with Gasteiger partial charge < -0.3 is 10.6 Å². The SMILES string of the molecule is CCCCCNC(=O)C(C)Nc1ccc(Br)c(Cl)c1. The van der Waals surface area contributed by atoms with Crippen LogP contribution in [0.5, 0.6) is 0 Å². The number of rotatable bonds is 7. The van der Waals surface area contributed by atoms with Crippen molar-refractivity contribution in [3.05, 3.63) is 27.7 Å². The van der Waals surface area contributed by atoms with Crippen molar-refractivity contribution in [1.29, 1.82) is 0 Å². The minimum atomic E-state index is -0.279. The third-order valence-corrected chi connectivity index (χ3v) is 4.01. The van der Waals surface area contributed by atoms with Crippen molar-refractivity contribution in [3.8, 4) is 0 Å².